The molecule has 6 nitrogen and oxygen atoms in total. The lowest BCUT2D eigenvalue weighted by Crippen LogP contribution is -2.40. The average molecular weight is 400 g/mol. The van der Waals surface area contributed by atoms with Gasteiger partial charge in [-0.15, -0.1) is 0 Å². The lowest BCUT2D eigenvalue weighted by atomic mass is 9.96. The summed E-state index contributed by atoms with van der Waals surface area (Å²) in [5, 5.41) is 5.13. The van der Waals surface area contributed by atoms with Gasteiger partial charge >= 0.3 is 5.97 Å². The minimum atomic E-state index is -0.998. The van der Waals surface area contributed by atoms with Crippen molar-refractivity contribution in [3.8, 4) is 0 Å². The van der Waals surface area contributed by atoms with Crippen LogP contribution in [-0.2, 0) is 14.3 Å². The van der Waals surface area contributed by atoms with E-state index in [9.17, 15) is 18.8 Å². The van der Waals surface area contributed by atoms with Crippen LogP contribution in [0.15, 0.2) is 54.6 Å². The number of nitrogens with one attached hydrogen (secondary N) is 2. The van der Waals surface area contributed by atoms with Gasteiger partial charge in [0.05, 0.1) is 0 Å². The van der Waals surface area contributed by atoms with Gasteiger partial charge < -0.3 is 15.4 Å². The van der Waals surface area contributed by atoms with Crippen molar-refractivity contribution < 1.29 is 23.5 Å². The molecule has 0 fully saturated rings. The number of ether oxygens (including phenoxy) is 1. The first-order chi connectivity index (χ1) is 13.9. The van der Waals surface area contributed by atoms with Gasteiger partial charge in [0.15, 0.2) is 6.10 Å². The van der Waals surface area contributed by atoms with Crippen molar-refractivity contribution in [2.75, 3.05) is 13.1 Å². The summed E-state index contributed by atoms with van der Waals surface area (Å²) in [5.74, 6) is -2.16. The van der Waals surface area contributed by atoms with E-state index in [1.807, 2.05) is 37.3 Å². The van der Waals surface area contributed by atoms with Crippen LogP contribution in [0.4, 0.5) is 4.39 Å². The van der Waals surface area contributed by atoms with E-state index in [-0.39, 0.29) is 11.5 Å². The van der Waals surface area contributed by atoms with Gasteiger partial charge in [0, 0.05) is 18.0 Å². The molecule has 0 bridgehead atoms. The maximum absolute atomic E-state index is 13.1. The monoisotopic (exact) mass is 400 g/mol. The SMILES string of the molecule is CC[C@H](CNC(=O)[C@H](C)OC(=O)CNC(=O)c1cccc(F)c1)c1ccccc1. The Bertz CT molecular complexity index is 842. The van der Waals surface area contributed by atoms with Gasteiger partial charge in [0.25, 0.3) is 11.8 Å². The summed E-state index contributed by atoms with van der Waals surface area (Å²) in [6, 6.07) is 14.9. The summed E-state index contributed by atoms with van der Waals surface area (Å²) < 4.78 is 18.2. The van der Waals surface area contributed by atoms with Crippen molar-refractivity contribution in [1.29, 1.82) is 0 Å². The van der Waals surface area contributed by atoms with Crippen LogP contribution in [0.25, 0.3) is 0 Å². The van der Waals surface area contributed by atoms with Crippen molar-refractivity contribution in [2.45, 2.75) is 32.3 Å². The number of carbonyl (C=O) groups excluding carboxylic acids is 3. The van der Waals surface area contributed by atoms with Gasteiger partial charge in [-0.1, -0.05) is 43.3 Å². The second kappa shape index (κ2) is 10.9. The minimum absolute atomic E-state index is 0.0927. The number of benzene rings is 2. The van der Waals surface area contributed by atoms with E-state index in [1.54, 1.807) is 0 Å². The Kier molecular flexibility index (Phi) is 8.33. The Labute approximate surface area is 169 Å². The van der Waals surface area contributed by atoms with Crippen molar-refractivity contribution >= 4 is 17.8 Å². The highest BCUT2D eigenvalue weighted by Gasteiger charge is 2.19. The molecular weight excluding hydrogens is 375 g/mol. The van der Waals surface area contributed by atoms with E-state index >= 15 is 0 Å². The van der Waals surface area contributed by atoms with Crippen LogP contribution in [-0.4, -0.2) is 37.0 Å². The fraction of sp³-hybridized carbons (Fsp3) is 0.318. The maximum Gasteiger partial charge on any atom is 0.326 e. The Morgan fingerprint density at radius 3 is 2.41 bits per heavy atom. The number of carbonyl (C=O) groups is 3. The molecule has 0 aliphatic carbocycles. The second-order valence-corrected chi connectivity index (χ2v) is 6.59. The molecule has 29 heavy (non-hydrogen) atoms. The van der Waals surface area contributed by atoms with E-state index in [2.05, 4.69) is 10.6 Å². The summed E-state index contributed by atoms with van der Waals surface area (Å²) in [4.78, 5) is 36.0. The highest BCUT2D eigenvalue weighted by molar-refractivity contribution is 5.96. The second-order valence-electron chi connectivity index (χ2n) is 6.59. The molecule has 2 aromatic rings. The topological polar surface area (TPSA) is 84.5 Å². The molecule has 154 valence electrons. The fourth-order valence-electron chi connectivity index (χ4n) is 2.77. The van der Waals surface area contributed by atoms with Crippen LogP contribution in [0.3, 0.4) is 0 Å². The quantitative estimate of drug-likeness (QED) is 0.634. The van der Waals surface area contributed by atoms with Crippen LogP contribution in [0.5, 0.6) is 0 Å². The molecule has 7 heteroatoms. The van der Waals surface area contributed by atoms with Crippen molar-refractivity contribution in [2.24, 2.45) is 0 Å². The third-order valence-electron chi connectivity index (χ3n) is 4.44. The number of amides is 2. The largest absolute Gasteiger partial charge is 0.451 e. The lowest BCUT2D eigenvalue weighted by molar-refractivity contribution is -0.153. The van der Waals surface area contributed by atoms with Gasteiger partial charge in [0.2, 0.25) is 0 Å². The van der Waals surface area contributed by atoms with Crippen LogP contribution in [0, 0.1) is 5.82 Å². The van der Waals surface area contributed by atoms with Gasteiger partial charge in [-0.2, -0.15) is 0 Å². The molecule has 0 radical (unpaired) electrons. The van der Waals surface area contributed by atoms with E-state index < -0.39 is 36.2 Å². The molecular formula is C22H25FN2O4. The van der Waals surface area contributed by atoms with Gasteiger partial charge in [-0.3, -0.25) is 14.4 Å². The summed E-state index contributed by atoms with van der Waals surface area (Å²) in [5.41, 5.74) is 1.22. The molecule has 0 heterocycles. The Morgan fingerprint density at radius 2 is 1.76 bits per heavy atom. The standard InChI is InChI=1S/C22H25FN2O4/c1-3-16(17-8-5-4-6-9-17)13-24-21(27)15(2)29-20(26)14-25-22(28)18-10-7-11-19(23)12-18/h4-12,15-16H,3,13-14H2,1-2H3,(H,24,27)(H,25,28)/t15-,16+/m0/s1. The zero-order valence-corrected chi connectivity index (χ0v) is 16.5. The molecule has 0 unspecified atom stereocenters. The Morgan fingerprint density at radius 1 is 1.03 bits per heavy atom. The normalized spacial score (nSPS) is 12.5. The van der Waals surface area contributed by atoms with Gasteiger partial charge in [-0.05, 0) is 37.1 Å². The first-order valence-corrected chi connectivity index (χ1v) is 9.46. The molecule has 0 aliphatic rings. The molecule has 0 saturated heterocycles. The molecule has 0 spiro atoms. The van der Waals surface area contributed by atoms with Gasteiger partial charge in [-0.25, -0.2) is 4.39 Å². The third kappa shape index (κ3) is 7.03. The summed E-state index contributed by atoms with van der Waals surface area (Å²) in [6.45, 7) is 3.51. The number of hydrogen-bond acceptors (Lipinski definition) is 4. The van der Waals surface area contributed by atoms with Crippen molar-refractivity contribution in [3.05, 3.63) is 71.5 Å². The maximum atomic E-state index is 13.1. The number of halogens is 1. The number of rotatable bonds is 9. The highest BCUT2D eigenvalue weighted by Crippen LogP contribution is 2.18. The molecule has 2 N–H and O–H groups in total. The summed E-state index contributed by atoms with van der Waals surface area (Å²) in [7, 11) is 0. The highest BCUT2D eigenvalue weighted by atomic mass is 19.1. The third-order valence-corrected chi connectivity index (χ3v) is 4.44. The van der Waals surface area contributed by atoms with Crippen molar-refractivity contribution in [3.63, 3.8) is 0 Å². The predicted octanol–water partition coefficient (Wildman–Crippen LogP) is 2.80. The van der Waals surface area contributed by atoms with Crippen LogP contribution >= 0.6 is 0 Å². The molecule has 2 atom stereocenters. The van der Waals surface area contributed by atoms with E-state index in [0.29, 0.717) is 6.54 Å². The zero-order chi connectivity index (χ0) is 21.2. The van der Waals surface area contributed by atoms with Crippen molar-refractivity contribution in [1.82, 2.24) is 10.6 Å². The number of hydrogen-bond donors (Lipinski definition) is 2. The molecule has 0 aliphatic heterocycles. The van der Waals surface area contributed by atoms with Crippen LogP contribution in [0.2, 0.25) is 0 Å². The molecule has 2 amide bonds. The van der Waals surface area contributed by atoms with Crippen LogP contribution < -0.4 is 10.6 Å². The molecule has 2 aromatic carbocycles. The summed E-state index contributed by atoms with van der Waals surface area (Å²) in [6.07, 6.45) is -0.147. The molecule has 0 saturated carbocycles. The smallest absolute Gasteiger partial charge is 0.326 e. The Balaban J connectivity index is 1.76. The van der Waals surface area contributed by atoms with Gasteiger partial charge in [0.1, 0.15) is 12.4 Å². The molecule has 2 rings (SSSR count). The average Bonchev–Trinajstić information content (AvgIpc) is 2.73. The fourth-order valence-corrected chi connectivity index (χ4v) is 2.77. The Hall–Kier alpha value is -3.22. The minimum Gasteiger partial charge on any atom is -0.451 e. The van der Waals surface area contributed by atoms with E-state index in [0.717, 1.165) is 18.1 Å². The van der Waals surface area contributed by atoms with Crippen LogP contribution in [0.1, 0.15) is 42.1 Å². The van der Waals surface area contributed by atoms with E-state index in [4.69, 9.17) is 4.74 Å². The first kappa shape index (κ1) is 22.1. The summed E-state index contributed by atoms with van der Waals surface area (Å²) >= 11 is 0. The predicted molar refractivity (Wildman–Crippen MR) is 107 cm³/mol. The number of esters is 1. The molecule has 0 aromatic heterocycles. The first-order valence-electron chi connectivity index (χ1n) is 9.46. The van der Waals surface area contributed by atoms with E-state index in [1.165, 1.54) is 25.1 Å². The lowest BCUT2D eigenvalue weighted by Gasteiger charge is -2.18. The zero-order valence-electron chi connectivity index (χ0n) is 16.5.